The van der Waals surface area contributed by atoms with Crippen molar-refractivity contribution in [2.75, 3.05) is 13.6 Å². The van der Waals surface area contributed by atoms with Gasteiger partial charge in [-0.3, -0.25) is 9.78 Å². The maximum absolute atomic E-state index is 12.6. The van der Waals surface area contributed by atoms with Crippen molar-refractivity contribution in [3.63, 3.8) is 0 Å². The molecule has 0 aliphatic carbocycles. The Morgan fingerprint density at radius 2 is 1.92 bits per heavy atom. The number of aromatic nitrogens is 1. The van der Waals surface area contributed by atoms with Crippen LogP contribution in [0.25, 0.3) is 10.4 Å². The van der Waals surface area contributed by atoms with Crippen LogP contribution >= 0.6 is 27.3 Å². The van der Waals surface area contributed by atoms with Crippen LogP contribution in [0, 0.1) is 0 Å². The smallest absolute Gasteiger partial charge is 0.263 e. The zero-order valence-electron chi connectivity index (χ0n) is 13.3. The van der Waals surface area contributed by atoms with E-state index in [0.717, 1.165) is 31.9 Å². The van der Waals surface area contributed by atoms with E-state index in [0.29, 0.717) is 6.54 Å². The number of benzene rings is 1. The van der Waals surface area contributed by atoms with Gasteiger partial charge in [-0.15, -0.1) is 11.3 Å². The van der Waals surface area contributed by atoms with Gasteiger partial charge in [-0.05, 0) is 42.0 Å². The summed E-state index contributed by atoms with van der Waals surface area (Å²) in [5, 5.41) is 0. The van der Waals surface area contributed by atoms with Gasteiger partial charge in [0.15, 0.2) is 0 Å². The van der Waals surface area contributed by atoms with Crippen LogP contribution in [0.3, 0.4) is 0 Å². The number of halogens is 1. The van der Waals surface area contributed by atoms with E-state index in [1.54, 1.807) is 11.1 Å². The first kappa shape index (κ1) is 16.9. The van der Waals surface area contributed by atoms with Gasteiger partial charge in [0.25, 0.3) is 5.91 Å². The number of pyridine rings is 1. The van der Waals surface area contributed by atoms with Gasteiger partial charge in [0, 0.05) is 41.3 Å². The van der Waals surface area contributed by atoms with E-state index < -0.39 is 0 Å². The summed E-state index contributed by atoms with van der Waals surface area (Å²) in [6, 6.07) is 17.9. The Labute approximate surface area is 154 Å². The molecule has 0 radical (unpaired) electrons. The number of carbonyl (C=O) groups is 1. The van der Waals surface area contributed by atoms with Crippen LogP contribution in [0.15, 0.2) is 65.3 Å². The van der Waals surface area contributed by atoms with Crippen LogP contribution < -0.4 is 0 Å². The van der Waals surface area contributed by atoms with Crippen molar-refractivity contribution in [2.45, 2.75) is 6.42 Å². The van der Waals surface area contributed by atoms with E-state index >= 15 is 0 Å². The molecule has 0 aliphatic heterocycles. The summed E-state index contributed by atoms with van der Waals surface area (Å²) in [5.74, 6) is 0.0549. The SMILES string of the molecule is CN(CCc1ccccn1)C(=O)c1ccc(-c2ccc(Br)cc2)s1. The Morgan fingerprint density at radius 1 is 1.12 bits per heavy atom. The van der Waals surface area contributed by atoms with Gasteiger partial charge in [-0.2, -0.15) is 0 Å². The van der Waals surface area contributed by atoms with E-state index in [2.05, 4.69) is 33.0 Å². The number of hydrogen-bond acceptors (Lipinski definition) is 3. The first-order valence-corrected chi connectivity index (χ1v) is 9.25. The molecule has 3 nitrogen and oxygen atoms in total. The summed E-state index contributed by atoms with van der Waals surface area (Å²) >= 11 is 4.97. The van der Waals surface area contributed by atoms with Crippen molar-refractivity contribution in [2.24, 2.45) is 0 Å². The van der Waals surface area contributed by atoms with E-state index in [4.69, 9.17) is 0 Å². The fourth-order valence-electron chi connectivity index (χ4n) is 2.34. The maximum Gasteiger partial charge on any atom is 0.263 e. The molecule has 0 atom stereocenters. The predicted molar refractivity (Wildman–Crippen MR) is 102 cm³/mol. The molecule has 0 bridgehead atoms. The lowest BCUT2D eigenvalue weighted by Gasteiger charge is -2.15. The Bertz CT molecular complexity index is 815. The molecule has 5 heteroatoms. The molecular weight excluding hydrogens is 384 g/mol. The number of amides is 1. The maximum atomic E-state index is 12.6. The minimum absolute atomic E-state index is 0.0549. The van der Waals surface area contributed by atoms with Gasteiger partial charge in [0.1, 0.15) is 0 Å². The van der Waals surface area contributed by atoms with Gasteiger partial charge in [0.2, 0.25) is 0 Å². The van der Waals surface area contributed by atoms with Crippen LogP contribution in [0.1, 0.15) is 15.4 Å². The molecule has 0 N–H and O–H groups in total. The second-order valence-corrected chi connectivity index (χ2v) is 7.47. The molecular formula is C19H17BrN2OS. The van der Waals surface area contributed by atoms with Crippen LogP contribution in [0.2, 0.25) is 0 Å². The number of thiophene rings is 1. The summed E-state index contributed by atoms with van der Waals surface area (Å²) in [6.07, 6.45) is 2.54. The van der Waals surface area contributed by atoms with Crippen molar-refractivity contribution in [1.29, 1.82) is 0 Å². The number of rotatable bonds is 5. The molecule has 0 saturated carbocycles. The molecule has 24 heavy (non-hydrogen) atoms. The Morgan fingerprint density at radius 3 is 2.62 bits per heavy atom. The molecule has 1 amide bonds. The molecule has 0 aliphatic rings. The highest BCUT2D eigenvalue weighted by atomic mass is 79.9. The van der Waals surface area contributed by atoms with Crippen LogP contribution in [-0.4, -0.2) is 29.4 Å². The average Bonchev–Trinajstić information content (AvgIpc) is 3.10. The van der Waals surface area contributed by atoms with Gasteiger partial charge < -0.3 is 4.90 Å². The summed E-state index contributed by atoms with van der Waals surface area (Å²) in [7, 11) is 1.84. The van der Waals surface area contributed by atoms with Crippen LogP contribution in [-0.2, 0) is 6.42 Å². The highest BCUT2D eigenvalue weighted by Gasteiger charge is 2.15. The summed E-state index contributed by atoms with van der Waals surface area (Å²) in [4.78, 5) is 20.5. The topological polar surface area (TPSA) is 33.2 Å². The summed E-state index contributed by atoms with van der Waals surface area (Å²) in [6.45, 7) is 0.654. The summed E-state index contributed by atoms with van der Waals surface area (Å²) < 4.78 is 1.05. The molecule has 0 spiro atoms. The molecule has 0 saturated heterocycles. The van der Waals surface area contributed by atoms with Crippen LogP contribution in [0.4, 0.5) is 0 Å². The zero-order valence-corrected chi connectivity index (χ0v) is 15.7. The largest absolute Gasteiger partial charge is 0.341 e. The highest BCUT2D eigenvalue weighted by molar-refractivity contribution is 9.10. The molecule has 122 valence electrons. The molecule has 3 rings (SSSR count). The van der Waals surface area contributed by atoms with E-state index in [9.17, 15) is 4.79 Å². The van der Waals surface area contributed by atoms with Crippen LogP contribution in [0.5, 0.6) is 0 Å². The third-order valence-corrected chi connectivity index (χ3v) is 5.37. The Hall–Kier alpha value is -1.98. The number of likely N-dealkylation sites (N-methyl/N-ethyl adjacent to an activating group) is 1. The van der Waals surface area contributed by atoms with E-state index in [1.807, 2.05) is 49.5 Å². The lowest BCUT2D eigenvalue weighted by atomic mass is 10.2. The fraction of sp³-hybridized carbons (Fsp3) is 0.158. The summed E-state index contributed by atoms with van der Waals surface area (Å²) in [5.41, 5.74) is 2.12. The minimum atomic E-state index is 0.0549. The zero-order chi connectivity index (χ0) is 16.9. The second kappa shape index (κ2) is 7.73. The van der Waals surface area contributed by atoms with Crippen molar-refractivity contribution in [3.05, 3.63) is 75.8 Å². The van der Waals surface area contributed by atoms with Gasteiger partial charge >= 0.3 is 0 Å². The molecule has 0 fully saturated rings. The van der Waals surface area contributed by atoms with E-state index in [1.165, 1.54) is 11.3 Å². The molecule has 2 heterocycles. The van der Waals surface area contributed by atoms with Crippen molar-refractivity contribution in [1.82, 2.24) is 9.88 Å². The third kappa shape index (κ3) is 4.10. The molecule has 1 aromatic carbocycles. The second-order valence-electron chi connectivity index (χ2n) is 5.47. The monoisotopic (exact) mass is 400 g/mol. The van der Waals surface area contributed by atoms with Gasteiger partial charge in [-0.25, -0.2) is 0 Å². The third-order valence-electron chi connectivity index (χ3n) is 3.72. The first-order chi connectivity index (χ1) is 11.6. The van der Waals surface area contributed by atoms with E-state index in [-0.39, 0.29) is 5.91 Å². The van der Waals surface area contributed by atoms with Crippen molar-refractivity contribution in [3.8, 4) is 10.4 Å². The standard InChI is InChI=1S/C19H17BrN2OS/c1-22(13-11-16-4-2-3-12-21-16)19(23)18-10-9-17(24-18)14-5-7-15(20)8-6-14/h2-10,12H,11,13H2,1H3. The fourth-order valence-corrected chi connectivity index (χ4v) is 3.61. The minimum Gasteiger partial charge on any atom is -0.341 e. The Kier molecular flexibility index (Phi) is 5.43. The Balaban J connectivity index is 1.65. The van der Waals surface area contributed by atoms with Gasteiger partial charge in [0.05, 0.1) is 4.88 Å². The van der Waals surface area contributed by atoms with Gasteiger partial charge in [-0.1, -0.05) is 34.1 Å². The average molecular weight is 401 g/mol. The normalized spacial score (nSPS) is 10.6. The van der Waals surface area contributed by atoms with Crippen molar-refractivity contribution >= 4 is 33.2 Å². The quantitative estimate of drug-likeness (QED) is 0.610. The molecule has 2 aromatic heterocycles. The molecule has 3 aromatic rings. The highest BCUT2D eigenvalue weighted by Crippen LogP contribution is 2.29. The lowest BCUT2D eigenvalue weighted by molar-refractivity contribution is 0.0801. The molecule has 0 unspecified atom stereocenters. The lowest BCUT2D eigenvalue weighted by Crippen LogP contribution is -2.28. The number of nitrogens with zero attached hydrogens (tertiary/aromatic N) is 2. The predicted octanol–water partition coefficient (Wildman–Crippen LogP) is 4.89. The number of carbonyl (C=O) groups excluding carboxylic acids is 1. The number of hydrogen-bond donors (Lipinski definition) is 0. The first-order valence-electron chi connectivity index (χ1n) is 7.64. The van der Waals surface area contributed by atoms with Crippen molar-refractivity contribution < 1.29 is 4.79 Å².